The largest absolute Gasteiger partial charge is 0.350 e. The highest BCUT2D eigenvalue weighted by molar-refractivity contribution is 7.98. The molecule has 0 aliphatic heterocycles. The van der Waals surface area contributed by atoms with E-state index in [9.17, 15) is 0 Å². The molecule has 3 rings (SSSR count). The summed E-state index contributed by atoms with van der Waals surface area (Å²) in [5, 5.41) is 12.8. The van der Waals surface area contributed by atoms with Crippen molar-refractivity contribution in [3.63, 3.8) is 0 Å². The molecule has 1 aromatic heterocycles. The molecule has 2 aromatic carbocycles. The van der Waals surface area contributed by atoms with Crippen LogP contribution >= 0.6 is 11.8 Å². The van der Waals surface area contributed by atoms with E-state index in [0.717, 1.165) is 24.2 Å². The van der Waals surface area contributed by atoms with Crippen molar-refractivity contribution in [3.05, 3.63) is 71.8 Å². The summed E-state index contributed by atoms with van der Waals surface area (Å²) >= 11 is 1.61. The van der Waals surface area contributed by atoms with Crippen LogP contribution in [0.3, 0.4) is 0 Å². The maximum Gasteiger partial charge on any atom is 0.225 e. The van der Waals surface area contributed by atoms with Crippen molar-refractivity contribution in [2.24, 2.45) is 0 Å². The summed E-state index contributed by atoms with van der Waals surface area (Å²) in [5.41, 5.74) is 2.46. The van der Waals surface area contributed by atoms with Crippen molar-refractivity contribution in [3.8, 4) is 0 Å². The number of hydrogen-bond donors (Lipinski definition) is 1. The van der Waals surface area contributed by atoms with Gasteiger partial charge in [0.05, 0.1) is 6.54 Å². The Labute approximate surface area is 134 Å². The van der Waals surface area contributed by atoms with Crippen molar-refractivity contribution in [2.75, 3.05) is 11.6 Å². The van der Waals surface area contributed by atoms with Crippen LogP contribution in [0.5, 0.6) is 0 Å². The monoisotopic (exact) mass is 310 g/mol. The van der Waals surface area contributed by atoms with E-state index in [1.165, 1.54) is 11.1 Å². The molecular weight excluding hydrogens is 292 g/mol. The molecule has 0 fully saturated rings. The van der Waals surface area contributed by atoms with Gasteiger partial charge in [0.15, 0.2) is 5.16 Å². The molecule has 112 valence electrons. The predicted molar refractivity (Wildman–Crippen MR) is 91.1 cm³/mol. The van der Waals surface area contributed by atoms with Gasteiger partial charge in [-0.2, -0.15) is 0 Å². The zero-order valence-electron chi connectivity index (χ0n) is 12.4. The Balaban J connectivity index is 1.78. The van der Waals surface area contributed by atoms with Gasteiger partial charge in [-0.15, -0.1) is 10.2 Å². The molecule has 1 heterocycles. The molecule has 0 atom stereocenters. The molecule has 0 aliphatic rings. The van der Waals surface area contributed by atoms with Gasteiger partial charge in [-0.25, -0.2) is 0 Å². The van der Waals surface area contributed by atoms with Gasteiger partial charge >= 0.3 is 0 Å². The van der Waals surface area contributed by atoms with Crippen molar-refractivity contribution in [2.45, 2.75) is 18.2 Å². The molecule has 0 bridgehead atoms. The molecule has 22 heavy (non-hydrogen) atoms. The van der Waals surface area contributed by atoms with Crippen molar-refractivity contribution in [1.82, 2.24) is 14.8 Å². The first-order valence-electron chi connectivity index (χ1n) is 7.16. The highest BCUT2D eigenvalue weighted by atomic mass is 32.2. The fourth-order valence-corrected chi connectivity index (χ4v) is 2.75. The number of anilines is 1. The first kappa shape index (κ1) is 14.7. The fourth-order valence-electron chi connectivity index (χ4n) is 2.26. The quantitative estimate of drug-likeness (QED) is 0.706. The maximum absolute atomic E-state index is 4.28. The molecular formula is C17H18N4S. The van der Waals surface area contributed by atoms with Crippen LogP contribution in [0.2, 0.25) is 0 Å². The highest BCUT2D eigenvalue weighted by Crippen LogP contribution is 2.19. The van der Waals surface area contributed by atoms with E-state index >= 15 is 0 Å². The normalized spacial score (nSPS) is 10.6. The van der Waals surface area contributed by atoms with Crippen LogP contribution in [0, 0.1) is 0 Å². The molecule has 1 N–H and O–H groups in total. The lowest BCUT2D eigenvalue weighted by Gasteiger charge is -2.11. The summed E-state index contributed by atoms with van der Waals surface area (Å²) in [4.78, 5) is 0. The lowest BCUT2D eigenvalue weighted by molar-refractivity contribution is 0.712. The highest BCUT2D eigenvalue weighted by Gasteiger charge is 2.11. The third kappa shape index (κ3) is 3.49. The minimum absolute atomic E-state index is 0.738. The van der Waals surface area contributed by atoms with Crippen LogP contribution in [0.4, 0.5) is 5.95 Å². The summed E-state index contributed by atoms with van der Waals surface area (Å²) in [7, 11) is 0. The molecule has 0 amide bonds. The smallest absolute Gasteiger partial charge is 0.225 e. The Morgan fingerprint density at radius 1 is 0.909 bits per heavy atom. The first-order valence-corrected chi connectivity index (χ1v) is 8.38. The molecule has 0 aliphatic carbocycles. The Hall–Kier alpha value is -2.27. The van der Waals surface area contributed by atoms with Crippen LogP contribution in [0.25, 0.3) is 0 Å². The van der Waals surface area contributed by atoms with Crippen molar-refractivity contribution < 1.29 is 0 Å². The van der Waals surface area contributed by atoms with E-state index in [1.807, 2.05) is 30.5 Å². The second kappa shape index (κ2) is 7.13. The fraction of sp³-hybridized carbons (Fsp3) is 0.176. The van der Waals surface area contributed by atoms with Gasteiger partial charge in [0.25, 0.3) is 0 Å². The third-order valence-corrected chi connectivity index (χ3v) is 4.04. The van der Waals surface area contributed by atoms with Gasteiger partial charge < -0.3 is 5.32 Å². The van der Waals surface area contributed by atoms with Crippen LogP contribution in [0.15, 0.2) is 65.8 Å². The molecule has 5 heteroatoms. The number of nitrogens with zero attached hydrogens (tertiary/aromatic N) is 3. The Bertz CT molecular complexity index is 710. The van der Waals surface area contributed by atoms with Gasteiger partial charge in [-0.3, -0.25) is 4.57 Å². The molecule has 0 unspecified atom stereocenters. The van der Waals surface area contributed by atoms with Crippen LogP contribution in [0.1, 0.15) is 11.1 Å². The summed E-state index contributed by atoms with van der Waals surface area (Å²) in [6.45, 7) is 1.50. The molecule has 0 spiro atoms. The maximum atomic E-state index is 4.28. The number of nitrogens with one attached hydrogen (secondary N) is 1. The minimum Gasteiger partial charge on any atom is -0.350 e. The number of aromatic nitrogens is 3. The Kier molecular flexibility index (Phi) is 4.75. The Morgan fingerprint density at radius 3 is 2.18 bits per heavy atom. The van der Waals surface area contributed by atoms with E-state index in [4.69, 9.17) is 0 Å². The topological polar surface area (TPSA) is 42.7 Å². The van der Waals surface area contributed by atoms with Crippen LogP contribution in [-0.4, -0.2) is 21.0 Å². The molecule has 0 saturated heterocycles. The lowest BCUT2D eigenvalue weighted by atomic mass is 10.2. The molecule has 4 nitrogen and oxygen atoms in total. The number of hydrogen-bond acceptors (Lipinski definition) is 4. The lowest BCUT2D eigenvalue weighted by Crippen LogP contribution is -2.09. The van der Waals surface area contributed by atoms with E-state index in [-0.39, 0.29) is 0 Å². The summed E-state index contributed by atoms with van der Waals surface area (Å²) in [6, 6.07) is 20.7. The van der Waals surface area contributed by atoms with Crippen LogP contribution in [-0.2, 0) is 13.1 Å². The second-order valence-electron chi connectivity index (χ2n) is 4.92. The van der Waals surface area contributed by atoms with Crippen molar-refractivity contribution in [1.29, 1.82) is 0 Å². The number of rotatable bonds is 6. The average Bonchev–Trinajstić information content (AvgIpc) is 2.97. The van der Waals surface area contributed by atoms with E-state index in [1.54, 1.807) is 11.8 Å². The zero-order valence-corrected chi connectivity index (χ0v) is 13.3. The zero-order chi connectivity index (χ0) is 15.2. The standard InChI is InChI=1S/C17H18N4S/c1-22-17-20-19-16(18-12-14-8-4-2-5-9-14)21(17)13-15-10-6-3-7-11-15/h2-11H,12-13H2,1H3,(H,18,19). The first-order chi connectivity index (χ1) is 10.9. The molecule has 0 radical (unpaired) electrons. The number of thioether (sulfide) groups is 1. The van der Waals surface area contributed by atoms with Gasteiger partial charge in [-0.1, -0.05) is 72.4 Å². The van der Waals surface area contributed by atoms with Crippen molar-refractivity contribution >= 4 is 17.7 Å². The SMILES string of the molecule is CSc1nnc(NCc2ccccc2)n1Cc1ccccc1. The minimum atomic E-state index is 0.738. The van der Waals surface area contributed by atoms with Gasteiger partial charge in [0.2, 0.25) is 5.95 Å². The van der Waals surface area contributed by atoms with Gasteiger partial charge in [0.1, 0.15) is 0 Å². The van der Waals surface area contributed by atoms with E-state index in [2.05, 4.69) is 56.5 Å². The van der Waals surface area contributed by atoms with E-state index < -0.39 is 0 Å². The predicted octanol–water partition coefficient (Wildman–Crippen LogP) is 3.66. The average molecular weight is 310 g/mol. The third-order valence-electron chi connectivity index (χ3n) is 3.38. The van der Waals surface area contributed by atoms with Gasteiger partial charge in [0, 0.05) is 6.54 Å². The van der Waals surface area contributed by atoms with E-state index in [0.29, 0.717) is 0 Å². The van der Waals surface area contributed by atoms with Gasteiger partial charge in [-0.05, 0) is 17.4 Å². The summed E-state index contributed by atoms with van der Waals surface area (Å²) < 4.78 is 2.11. The summed E-state index contributed by atoms with van der Waals surface area (Å²) in [6.07, 6.45) is 2.02. The number of benzene rings is 2. The molecule has 0 saturated carbocycles. The second-order valence-corrected chi connectivity index (χ2v) is 5.69. The Morgan fingerprint density at radius 2 is 1.55 bits per heavy atom. The summed E-state index contributed by atoms with van der Waals surface area (Å²) in [5.74, 6) is 0.803. The van der Waals surface area contributed by atoms with Crippen LogP contribution < -0.4 is 5.32 Å². The molecule has 3 aromatic rings.